The predicted molar refractivity (Wildman–Crippen MR) is 118 cm³/mol. The maximum absolute atomic E-state index is 11.8. The van der Waals surface area contributed by atoms with E-state index in [9.17, 15) is 19.7 Å². The molecular weight excluding hydrogens is 398 g/mol. The minimum atomic E-state index is -1.06. The molecule has 4 aromatic rings. The monoisotopic (exact) mass is 415 g/mol. The highest BCUT2D eigenvalue weighted by Gasteiger charge is 2.18. The fourth-order valence-electron chi connectivity index (χ4n) is 3.30. The predicted octanol–water partition coefficient (Wildman–Crippen LogP) is 3.87. The third kappa shape index (κ3) is 4.27. The molecule has 0 atom stereocenters. The second-order valence-electron chi connectivity index (χ2n) is 6.73. The SMILES string of the molecule is O=c1[nH]c(/C=C/c2ccccc2OCc2cccc3ccccc23)c([N+](=O)[O-])c(=O)[nH]1. The highest BCUT2D eigenvalue weighted by Crippen LogP contribution is 2.25. The zero-order chi connectivity index (χ0) is 21.8. The summed E-state index contributed by atoms with van der Waals surface area (Å²) in [7, 11) is 0. The topological polar surface area (TPSA) is 118 Å². The molecule has 0 aliphatic carbocycles. The lowest BCUT2D eigenvalue weighted by Crippen LogP contribution is -2.25. The van der Waals surface area contributed by atoms with Crippen LogP contribution in [0.4, 0.5) is 5.69 Å². The number of nitro groups is 1. The summed E-state index contributed by atoms with van der Waals surface area (Å²) in [5.41, 5.74) is -1.15. The molecule has 8 nitrogen and oxygen atoms in total. The number of hydrogen-bond donors (Lipinski definition) is 2. The molecule has 2 N–H and O–H groups in total. The van der Waals surface area contributed by atoms with Gasteiger partial charge in [0.2, 0.25) is 0 Å². The van der Waals surface area contributed by atoms with Gasteiger partial charge in [-0.25, -0.2) is 4.79 Å². The van der Waals surface area contributed by atoms with Gasteiger partial charge in [0, 0.05) is 5.56 Å². The summed E-state index contributed by atoms with van der Waals surface area (Å²) in [5, 5.41) is 13.4. The summed E-state index contributed by atoms with van der Waals surface area (Å²) in [4.78, 5) is 37.8. The maximum atomic E-state index is 11.8. The lowest BCUT2D eigenvalue weighted by atomic mass is 10.1. The highest BCUT2D eigenvalue weighted by molar-refractivity contribution is 5.85. The van der Waals surface area contributed by atoms with Crippen molar-refractivity contribution in [2.75, 3.05) is 0 Å². The number of rotatable bonds is 6. The number of aromatic amines is 2. The van der Waals surface area contributed by atoms with Crippen LogP contribution in [-0.2, 0) is 6.61 Å². The molecule has 154 valence electrons. The summed E-state index contributed by atoms with van der Waals surface area (Å²) in [5.74, 6) is 0.557. The average Bonchev–Trinajstić information content (AvgIpc) is 2.76. The van der Waals surface area contributed by atoms with E-state index in [-0.39, 0.29) is 5.69 Å². The molecule has 0 spiro atoms. The molecule has 0 amide bonds. The van der Waals surface area contributed by atoms with E-state index < -0.39 is 21.9 Å². The van der Waals surface area contributed by atoms with Gasteiger partial charge < -0.3 is 9.72 Å². The Balaban J connectivity index is 1.64. The molecule has 4 rings (SSSR count). The fraction of sp³-hybridized carbons (Fsp3) is 0.0435. The van der Waals surface area contributed by atoms with Gasteiger partial charge in [0.1, 0.15) is 18.1 Å². The van der Waals surface area contributed by atoms with Crippen molar-refractivity contribution in [2.24, 2.45) is 0 Å². The molecule has 0 fully saturated rings. The molecule has 1 heterocycles. The first-order chi connectivity index (χ1) is 15.0. The number of nitrogens with zero attached hydrogens (tertiary/aromatic N) is 1. The molecule has 0 aliphatic heterocycles. The van der Waals surface area contributed by atoms with E-state index in [2.05, 4.69) is 4.98 Å². The van der Waals surface area contributed by atoms with Crippen LogP contribution in [-0.4, -0.2) is 14.9 Å². The van der Waals surface area contributed by atoms with Gasteiger partial charge in [-0.2, -0.15) is 0 Å². The van der Waals surface area contributed by atoms with Crippen molar-refractivity contribution >= 4 is 28.6 Å². The number of fused-ring (bicyclic) bond motifs is 1. The van der Waals surface area contributed by atoms with Crippen LogP contribution < -0.4 is 16.0 Å². The normalized spacial score (nSPS) is 11.1. The number of para-hydroxylation sites is 1. The van der Waals surface area contributed by atoms with Crippen molar-refractivity contribution < 1.29 is 9.66 Å². The molecule has 0 aliphatic rings. The van der Waals surface area contributed by atoms with Gasteiger partial charge in [-0.1, -0.05) is 60.7 Å². The first kappa shape index (κ1) is 19.8. The van der Waals surface area contributed by atoms with Gasteiger partial charge in [-0.05, 0) is 34.6 Å². The molecule has 0 unspecified atom stereocenters. The Hall–Kier alpha value is -4.46. The van der Waals surface area contributed by atoms with E-state index in [0.29, 0.717) is 17.9 Å². The number of aromatic nitrogens is 2. The van der Waals surface area contributed by atoms with E-state index in [1.807, 2.05) is 53.5 Å². The van der Waals surface area contributed by atoms with Crippen LogP contribution in [0.5, 0.6) is 5.75 Å². The molecular formula is C23H17N3O5. The van der Waals surface area contributed by atoms with Crippen molar-refractivity contribution in [1.29, 1.82) is 0 Å². The molecule has 31 heavy (non-hydrogen) atoms. The van der Waals surface area contributed by atoms with E-state index in [0.717, 1.165) is 16.3 Å². The van der Waals surface area contributed by atoms with Gasteiger partial charge in [0.15, 0.2) is 0 Å². The van der Waals surface area contributed by atoms with Crippen LogP contribution in [0.1, 0.15) is 16.8 Å². The van der Waals surface area contributed by atoms with E-state index in [1.54, 1.807) is 24.3 Å². The van der Waals surface area contributed by atoms with Gasteiger partial charge >= 0.3 is 16.9 Å². The quantitative estimate of drug-likeness (QED) is 0.366. The first-order valence-electron chi connectivity index (χ1n) is 9.40. The third-order valence-corrected chi connectivity index (χ3v) is 4.74. The number of ether oxygens (including phenoxy) is 1. The summed E-state index contributed by atoms with van der Waals surface area (Å²) < 4.78 is 6.02. The van der Waals surface area contributed by atoms with Crippen LogP contribution in [0.25, 0.3) is 22.9 Å². The lowest BCUT2D eigenvalue weighted by molar-refractivity contribution is -0.386. The van der Waals surface area contributed by atoms with Gasteiger partial charge in [-0.15, -0.1) is 0 Å². The maximum Gasteiger partial charge on any atom is 0.357 e. The summed E-state index contributed by atoms with van der Waals surface area (Å²) in [6.07, 6.45) is 2.87. The molecule has 8 heteroatoms. The summed E-state index contributed by atoms with van der Waals surface area (Å²) >= 11 is 0. The molecule has 3 aromatic carbocycles. The van der Waals surface area contributed by atoms with Crippen LogP contribution in [0, 0.1) is 10.1 Å². The highest BCUT2D eigenvalue weighted by atomic mass is 16.6. The summed E-state index contributed by atoms with van der Waals surface area (Å²) in [6, 6.07) is 21.2. The van der Waals surface area contributed by atoms with Crippen LogP contribution >= 0.6 is 0 Å². The Morgan fingerprint density at radius 1 is 0.903 bits per heavy atom. The van der Waals surface area contributed by atoms with E-state index >= 15 is 0 Å². The molecule has 0 saturated heterocycles. The Morgan fingerprint density at radius 3 is 2.48 bits per heavy atom. The van der Waals surface area contributed by atoms with Crippen molar-refractivity contribution in [3.05, 3.63) is 115 Å². The van der Waals surface area contributed by atoms with Gasteiger partial charge in [0.25, 0.3) is 0 Å². The van der Waals surface area contributed by atoms with Crippen molar-refractivity contribution in [2.45, 2.75) is 6.61 Å². The molecule has 0 saturated carbocycles. The minimum absolute atomic E-state index is 0.192. The Bertz CT molecular complexity index is 1410. The molecule has 0 bridgehead atoms. The molecule has 0 radical (unpaired) electrons. The van der Waals surface area contributed by atoms with E-state index in [1.165, 1.54) is 6.08 Å². The van der Waals surface area contributed by atoms with Gasteiger partial charge in [0.05, 0.1) is 4.92 Å². The van der Waals surface area contributed by atoms with Crippen molar-refractivity contribution in [3.8, 4) is 5.75 Å². The van der Waals surface area contributed by atoms with E-state index in [4.69, 9.17) is 4.74 Å². The Labute approximate surface area is 175 Å². The Kier molecular flexibility index (Phi) is 5.44. The second kappa shape index (κ2) is 8.50. The Morgan fingerprint density at radius 2 is 1.65 bits per heavy atom. The number of hydrogen-bond acceptors (Lipinski definition) is 5. The largest absolute Gasteiger partial charge is 0.488 e. The smallest absolute Gasteiger partial charge is 0.357 e. The van der Waals surface area contributed by atoms with Crippen LogP contribution in [0.15, 0.2) is 76.3 Å². The van der Waals surface area contributed by atoms with Crippen molar-refractivity contribution in [1.82, 2.24) is 9.97 Å². The fourth-order valence-corrected chi connectivity index (χ4v) is 3.30. The minimum Gasteiger partial charge on any atom is -0.488 e. The van der Waals surface area contributed by atoms with Crippen LogP contribution in [0.3, 0.4) is 0 Å². The number of H-pyrrole nitrogens is 2. The lowest BCUT2D eigenvalue weighted by Gasteiger charge is -2.11. The number of nitrogens with one attached hydrogen (secondary N) is 2. The van der Waals surface area contributed by atoms with Gasteiger partial charge in [-0.3, -0.25) is 19.9 Å². The number of benzene rings is 3. The average molecular weight is 415 g/mol. The second-order valence-corrected chi connectivity index (χ2v) is 6.73. The third-order valence-electron chi connectivity index (χ3n) is 4.74. The molecule has 1 aromatic heterocycles. The first-order valence-corrected chi connectivity index (χ1v) is 9.40. The standard InChI is InChI=1S/C23H17N3O5/c27-22-21(26(29)30)19(24-23(28)25-22)13-12-16-7-2-4-11-20(16)31-14-17-9-5-8-15-6-1-3-10-18(15)17/h1-13H,14H2,(H2,24,25,27,28)/b13-12+. The zero-order valence-electron chi connectivity index (χ0n) is 16.2. The summed E-state index contributed by atoms with van der Waals surface area (Å²) in [6.45, 7) is 0.328. The zero-order valence-corrected chi connectivity index (χ0v) is 16.2. The van der Waals surface area contributed by atoms with Crippen LogP contribution in [0.2, 0.25) is 0 Å². The van der Waals surface area contributed by atoms with Crippen molar-refractivity contribution in [3.63, 3.8) is 0 Å².